The number of aromatic nitrogens is 1. The first kappa shape index (κ1) is 14.1. The van der Waals surface area contributed by atoms with Crippen LogP contribution in [0.5, 0.6) is 0 Å². The molecule has 0 saturated carbocycles. The zero-order chi connectivity index (χ0) is 18.4. The second-order valence-electron chi connectivity index (χ2n) is 8.41. The van der Waals surface area contributed by atoms with Gasteiger partial charge in [0, 0.05) is 18.4 Å². The molecule has 126 valence electrons. The Bertz CT molecular complexity index is 1120. The molecule has 3 aromatic rings. The molecular formula is C24H26N+. The van der Waals surface area contributed by atoms with E-state index in [0.717, 1.165) is 17.5 Å². The topological polar surface area (TPSA) is 3.88 Å². The van der Waals surface area contributed by atoms with Gasteiger partial charge >= 0.3 is 0 Å². The first-order chi connectivity index (χ1) is 12.3. The fourth-order valence-electron chi connectivity index (χ4n) is 5.32. The average Bonchev–Trinajstić information content (AvgIpc) is 3.07. The molecule has 0 fully saturated rings. The van der Waals surface area contributed by atoms with Crippen molar-refractivity contribution in [3.63, 3.8) is 0 Å². The van der Waals surface area contributed by atoms with Crippen LogP contribution in [0.4, 0.5) is 0 Å². The maximum absolute atomic E-state index is 8.83. The van der Waals surface area contributed by atoms with Gasteiger partial charge in [-0.15, -0.1) is 0 Å². The maximum Gasteiger partial charge on any atom is 0.221 e. The van der Waals surface area contributed by atoms with Gasteiger partial charge in [-0.25, -0.2) is 0 Å². The first-order valence-corrected chi connectivity index (χ1v) is 9.42. The van der Waals surface area contributed by atoms with Gasteiger partial charge in [0.15, 0.2) is 5.69 Å². The van der Waals surface area contributed by atoms with Gasteiger partial charge in [-0.3, -0.25) is 0 Å². The van der Waals surface area contributed by atoms with Gasteiger partial charge in [-0.2, -0.15) is 4.57 Å². The van der Waals surface area contributed by atoms with Gasteiger partial charge in [0.2, 0.25) is 5.69 Å². The van der Waals surface area contributed by atoms with Gasteiger partial charge in [0.25, 0.3) is 0 Å². The molecular weight excluding hydrogens is 302 g/mol. The molecule has 1 nitrogen and oxygen atoms in total. The minimum absolute atomic E-state index is 0.0308. The number of rotatable bonds is 0. The highest BCUT2D eigenvalue weighted by Crippen LogP contribution is 2.51. The molecule has 25 heavy (non-hydrogen) atoms. The van der Waals surface area contributed by atoms with Crippen LogP contribution < -0.4 is 4.57 Å². The average molecular weight is 329 g/mol. The van der Waals surface area contributed by atoms with Crippen LogP contribution in [0.2, 0.25) is 0 Å². The minimum Gasteiger partial charge on any atom is -0.198 e. The van der Waals surface area contributed by atoms with Crippen LogP contribution in [0, 0.1) is 13.8 Å². The number of hydrogen-bond acceptors (Lipinski definition) is 0. The fourth-order valence-corrected chi connectivity index (χ4v) is 5.32. The molecule has 0 radical (unpaired) electrons. The van der Waals surface area contributed by atoms with Crippen LogP contribution in [-0.4, -0.2) is 0 Å². The van der Waals surface area contributed by atoms with Crippen molar-refractivity contribution in [1.29, 1.82) is 0 Å². The highest BCUT2D eigenvalue weighted by atomic mass is 14.9. The van der Waals surface area contributed by atoms with Crippen molar-refractivity contribution in [3.05, 3.63) is 63.8 Å². The molecule has 0 amide bonds. The fraction of sp³-hybridized carbons (Fsp3) is 0.375. The molecule has 0 saturated heterocycles. The van der Waals surface area contributed by atoms with Crippen molar-refractivity contribution in [3.8, 4) is 11.3 Å². The Kier molecular flexibility index (Phi) is 2.66. The van der Waals surface area contributed by atoms with Crippen LogP contribution >= 0.6 is 0 Å². The number of pyridine rings is 1. The van der Waals surface area contributed by atoms with E-state index in [1.165, 1.54) is 51.7 Å². The van der Waals surface area contributed by atoms with Crippen molar-refractivity contribution in [2.75, 3.05) is 0 Å². The summed E-state index contributed by atoms with van der Waals surface area (Å²) in [6, 6.07) is 9.76. The molecule has 1 heterocycles. The van der Waals surface area contributed by atoms with Crippen molar-refractivity contribution in [2.24, 2.45) is 7.05 Å². The van der Waals surface area contributed by atoms with Gasteiger partial charge in [0.1, 0.15) is 7.05 Å². The Labute approximate surface area is 151 Å². The Morgan fingerprint density at radius 3 is 2.76 bits per heavy atom. The van der Waals surface area contributed by atoms with Gasteiger partial charge in [-0.1, -0.05) is 38.1 Å². The summed E-state index contributed by atoms with van der Waals surface area (Å²) in [7, 11) is 2.13. The van der Waals surface area contributed by atoms with Crippen molar-refractivity contribution in [1.82, 2.24) is 0 Å². The third kappa shape index (κ3) is 1.76. The molecule has 0 unspecified atom stereocenters. The Hall–Kier alpha value is -2.15. The summed E-state index contributed by atoms with van der Waals surface area (Å²) in [5.74, 6) is 0. The van der Waals surface area contributed by atoms with Gasteiger partial charge in [0.05, 0.1) is 12.3 Å². The molecule has 0 atom stereocenters. The molecule has 2 aliphatic rings. The zero-order valence-electron chi connectivity index (χ0n) is 16.9. The molecule has 0 aliphatic heterocycles. The second-order valence-corrected chi connectivity index (χ2v) is 8.41. The molecule has 5 rings (SSSR count). The highest BCUT2D eigenvalue weighted by molar-refractivity contribution is 6.02. The molecule has 0 bridgehead atoms. The predicted octanol–water partition coefficient (Wildman–Crippen LogP) is 5.08. The van der Waals surface area contributed by atoms with E-state index < -0.39 is 0 Å². The number of fused-ring (bicyclic) bond motifs is 4. The van der Waals surface area contributed by atoms with Crippen molar-refractivity contribution >= 4 is 10.8 Å². The normalized spacial score (nSPS) is 17.4. The Morgan fingerprint density at radius 2 is 1.96 bits per heavy atom. The van der Waals surface area contributed by atoms with E-state index >= 15 is 0 Å². The first-order valence-electron chi connectivity index (χ1n) is 9.92. The van der Waals surface area contributed by atoms with Crippen LogP contribution in [0.15, 0.2) is 30.3 Å². The second kappa shape index (κ2) is 4.72. The summed E-state index contributed by atoms with van der Waals surface area (Å²) >= 11 is 0. The van der Waals surface area contributed by atoms with E-state index in [-0.39, 0.29) is 5.41 Å². The van der Waals surface area contributed by atoms with E-state index in [9.17, 15) is 0 Å². The van der Waals surface area contributed by atoms with E-state index in [2.05, 4.69) is 63.6 Å². The van der Waals surface area contributed by atoms with E-state index in [1.54, 1.807) is 5.56 Å². The van der Waals surface area contributed by atoms with E-state index in [4.69, 9.17) is 1.37 Å². The summed E-state index contributed by atoms with van der Waals surface area (Å²) in [6.07, 6.45) is 3.57. The van der Waals surface area contributed by atoms with Crippen LogP contribution in [0.1, 0.15) is 55.2 Å². The van der Waals surface area contributed by atoms with Gasteiger partial charge < -0.3 is 0 Å². The Balaban J connectivity index is 2.14. The van der Waals surface area contributed by atoms with Crippen LogP contribution in [-0.2, 0) is 25.3 Å². The SMILES string of the molecule is [2H]c1c(C)[n+](C)c2c3c(c4c(cc13)CCC4)C(C)(C)c1cccc(C)c1-2. The minimum atomic E-state index is -0.0308. The predicted molar refractivity (Wildman–Crippen MR) is 104 cm³/mol. The quantitative estimate of drug-likeness (QED) is 0.507. The maximum atomic E-state index is 8.83. The lowest BCUT2D eigenvalue weighted by Gasteiger charge is -2.36. The standard InChI is InChI=1S/C24H26N/c1-14-8-6-11-19-20(14)23-21-17(12-15(2)25(23)5)13-16-9-7-10-18(16)22(21)24(19,3)4/h6,8,11-13H,7,9-10H2,1-5H3/q+1/i12D. The number of aryl methyl sites for hydroxylation is 2. The lowest BCUT2D eigenvalue weighted by atomic mass is 9.66. The molecule has 2 aliphatic carbocycles. The van der Waals surface area contributed by atoms with Crippen molar-refractivity contribution in [2.45, 2.75) is 52.4 Å². The monoisotopic (exact) mass is 329 g/mol. The van der Waals surface area contributed by atoms with Crippen LogP contribution in [0.3, 0.4) is 0 Å². The lowest BCUT2D eigenvalue weighted by Crippen LogP contribution is -2.39. The van der Waals surface area contributed by atoms with Gasteiger partial charge in [-0.05, 0) is 59.4 Å². The third-order valence-corrected chi connectivity index (χ3v) is 6.60. The third-order valence-electron chi connectivity index (χ3n) is 6.60. The van der Waals surface area contributed by atoms with Crippen LogP contribution in [0.25, 0.3) is 22.0 Å². The summed E-state index contributed by atoms with van der Waals surface area (Å²) in [4.78, 5) is 0. The van der Waals surface area contributed by atoms with E-state index in [1.807, 2.05) is 0 Å². The molecule has 1 aromatic heterocycles. The summed E-state index contributed by atoms with van der Waals surface area (Å²) in [5.41, 5.74) is 11.0. The number of hydrogen-bond donors (Lipinski definition) is 0. The van der Waals surface area contributed by atoms with E-state index in [0.29, 0.717) is 6.04 Å². The summed E-state index contributed by atoms with van der Waals surface area (Å²) in [6.45, 7) is 9.07. The molecule has 0 N–H and O–H groups in total. The molecule has 1 heteroatoms. The number of benzene rings is 2. The largest absolute Gasteiger partial charge is 0.221 e. The lowest BCUT2D eigenvalue weighted by molar-refractivity contribution is -0.665. The number of nitrogens with zero attached hydrogens (tertiary/aromatic N) is 1. The zero-order valence-corrected chi connectivity index (χ0v) is 15.9. The summed E-state index contributed by atoms with van der Waals surface area (Å²) in [5, 5.41) is 2.48. The summed E-state index contributed by atoms with van der Waals surface area (Å²) < 4.78 is 11.1. The smallest absolute Gasteiger partial charge is 0.198 e. The molecule has 0 spiro atoms. The molecule has 2 aromatic carbocycles. The Morgan fingerprint density at radius 1 is 1.16 bits per heavy atom. The van der Waals surface area contributed by atoms with Crippen molar-refractivity contribution < 1.29 is 5.94 Å². The highest BCUT2D eigenvalue weighted by Gasteiger charge is 2.41.